The van der Waals surface area contributed by atoms with Crippen LogP contribution in [0.25, 0.3) is 22.0 Å². The molecule has 0 radical (unpaired) electrons. The fourth-order valence-corrected chi connectivity index (χ4v) is 4.78. The summed E-state index contributed by atoms with van der Waals surface area (Å²) in [4.78, 5) is 30.6. The second-order valence-corrected chi connectivity index (χ2v) is 10.1. The van der Waals surface area contributed by atoms with Crippen molar-refractivity contribution in [2.75, 3.05) is 37.7 Å². The Morgan fingerprint density at radius 2 is 1.84 bits per heavy atom. The van der Waals surface area contributed by atoms with Gasteiger partial charge in [-0.2, -0.15) is 0 Å². The van der Waals surface area contributed by atoms with Crippen LogP contribution < -0.4 is 4.90 Å². The largest absolute Gasteiger partial charge is 0.378 e. The average molecular weight is 516 g/mol. The molecule has 0 aliphatic carbocycles. The third kappa shape index (κ3) is 5.89. The Bertz CT molecular complexity index is 1390. The summed E-state index contributed by atoms with van der Waals surface area (Å²) in [5.74, 6) is 1.21. The highest BCUT2D eigenvalue weighted by Crippen LogP contribution is 2.30. The van der Waals surface area contributed by atoms with E-state index in [1.807, 2.05) is 17.0 Å². The quantitative estimate of drug-likeness (QED) is 0.303. The van der Waals surface area contributed by atoms with E-state index in [2.05, 4.69) is 64.0 Å². The van der Waals surface area contributed by atoms with Gasteiger partial charge in [-0.15, -0.1) is 0 Å². The second kappa shape index (κ2) is 11.2. The van der Waals surface area contributed by atoms with Gasteiger partial charge in [-0.25, -0.2) is 15.0 Å². The average Bonchev–Trinajstić information content (AvgIpc) is 2.92. The normalized spacial score (nSPS) is 13.8. The Morgan fingerprint density at radius 1 is 1.03 bits per heavy atom. The van der Waals surface area contributed by atoms with E-state index in [9.17, 15) is 4.79 Å². The molecule has 0 atom stereocenters. The Hall–Kier alpha value is -3.55. The molecule has 0 bridgehead atoms. The smallest absolute Gasteiger partial charge is 0.255 e. The number of hydrogen-bond acceptors (Lipinski definition) is 6. The molecule has 0 saturated carbocycles. The van der Waals surface area contributed by atoms with E-state index >= 15 is 0 Å². The van der Waals surface area contributed by atoms with Crippen LogP contribution >= 0.6 is 11.6 Å². The number of rotatable bonds is 7. The van der Waals surface area contributed by atoms with Gasteiger partial charge in [0, 0.05) is 37.8 Å². The maximum absolute atomic E-state index is 13.3. The SMILES string of the molecule is CC(C)CN(Cc1cccc(-c2ccc3ncnc(N4CCOCC4)c3c2)c1)C(=O)c1ccc(Cl)nc1. The van der Waals surface area contributed by atoms with E-state index in [4.69, 9.17) is 16.3 Å². The van der Waals surface area contributed by atoms with Gasteiger partial charge in [-0.05, 0) is 52.9 Å². The van der Waals surface area contributed by atoms with E-state index in [-0.39, 0.29) is 5.91 Å². The number of halogens is 1. The molecule has 4 aromatic rings. The molecule has 0 unspecified atom stereocenters. The summed E-state index contributed by atoms with van der Waals surface area (Å²) in [5.41, 5.74) is 4.68. The van der Waals surface area contributed by atoms with Crippen molar-refractivity contribution in [3.63, 3.8) is 0 Å². The number of benzene rings is 2. The minimum Gasteiger partial charge on any atom is -0.378 e. The number of carbonyl (C=O) groups excluding carboxylic acids is 1. The maximum atomic E-state index is 13.3. The number of hydrogen-bond donors (Lipinski definition) is 0. The fourth-order valence-electron chi connectivity index (χ4n) is 4.66. The molecular formula is C29H30ClN5O2. The molecule has 7 nitrogen and oxygen atoms in total. The summed E-state index contributed by atoms with van der Waals surface area (Å²) in [6.45, 7) is 8.39. The van der Waals surface area contributed by atoms with Crippen LogP contribution in [0.5, 0.6) is 0 Å². The highest BCUT2D eigenvalue weighted by atomic mass is 35.5. The zero-order chi connectivity index (χ0) is 25.8. The predicted molar refractivity (Wildman–Crippen MR) is 147 cm³/mol. The molecule has 1 aliphatic heterocycles. The van der Waals surface area contributed by atoms with Gasteiger partial charge in [0.05, 0.1) is 24.3 Å². The summed E-state index contributed by atoms with van der Waals surface area (Å²) in [6.07, 6.45) is 3.17. The lowest BCUT2D eigenvalue weighted by Crippen LogP contribution is -2.36. The number of fused-ring (bicyclic) bond motifs is 1. The Kier molecular flexibility index (Phi) is 7.63. The number of aromatic nitrogens is 3. The second-order valence-electron chi connectivity index (χ2n) is 9.68. The Labute approximate surface area is 222 Å². The predicted octanol–water partition coefficient (Wildman–Crippen LogP) is 5.48. The van der Waals surface area contributed by atoms with Crippen molar-refractivity contribution in [3.8, 4) is 11.1 Å². The maximum Gasteiger partial charge on any atom is 0.255 e. The van der Waals surface area contributed by atoms with Crippen molar-refractivity contribution in [2.45, 2.75) is 20.4 Å². The zero-order valence-corrected chi connectivity index (χ0v) is 21.9. The minimum absolute atomic E-state index is 0.0544. The molecule has 1 saturated heterocycles. The highest BCUT2D eigenvalue weighted by Gasteiger charge is 2.19. The number of anilines is 1. The van der Waals surface area contributed by atoms with Crippen LogP contribution in [-0.2, 0) is 11.3 Å². The van der Waals surface area contributed by atoms with E-state index in [0.717, 1.165) is 46.5 Å². The summed E-state index contributed by atoms with van der Waals surface area (Å²) < 4.78 is 5.52. The van der Waals surface area contributed by atoms with Crippen molar-refractivity contribution in [2.24, 2.45) is 5.92 Å². The van der Waals surface area contributed by atoms with Crippen molar-refractivity contribution in [1.82, 2.24) is 19.9 Å². The molecule has 0 N–H and O–H groups in total. The third-order valence-corrected chi connectivity index (χ3v) is 6.63. The van der Waals surface area contributed by atoms with Crippen molar-refractivity contribution in [1.29, 1.82) is 0 Å². The summed E-state index contributed by atoms with van der Waals surface area (Å²) in [7, 11) is 0. The van der Waals surface area contributed by atoms with Crippen molar-refractivity contribution in [3.05, 3.63) is 83.4 Å². The molecular weight excluding hydrogens is 486 g/mol. The van der Waals surface area contributed by atoms with Gasteiger partial charge in [0.15, 0.2) is 0 Å². The van der Waals surface area contributed by atoms with Crippen LogP contribution in [0.15, 0.2) is 67.1 Å². The number of carbonyl (C=O) groups is 1. The number of ether oxygens (including phenoxy) is 1. The fraction of sp³-hybridized carbons (Fsp3) is 0.310. The van der Waals surface area contributed by atoms with Crippen LogP contribution in [0.1, 0.15) is 29.8 Å². The number of pyridine rings is 1. The molecule has 1 aliphatic rings. The lowest BCUT2D eigenvalue weighted by molar-refractivity contribution is 0.0722. The van der Waals surface area contributed by atoms with Crippen molar-refractivity contribution < 1.29 is 9.53 Å². The molecule has 3 heterocycles. The van der Waals surface area contributed by atoms with Crippen LogP contribution in [0, 0.1) is 5.92 Å². The highest BCUT2D eigenvalue weighted by molar-refractivity contribution is 6.29. The standard InChI is InChI=1S/C29H30ClN5O2/c1-20(2)17-35(29(36)24-7-9-27(30)31-16-24)18-21-4-3-5-22(14-21)23-6-8-26-25(15-23)28(33-19-32-26)34-10-12-37-13-11-34/h3-9,14-16,19-20H,10-13,17-18H2,1-2H3. The van der Waals surface area contributed by atoms with Gasteiger partial charge in [-0.3, -0.25) is 4.79 Å². The number of nitrogens with zero attached hydrogens (tertiary/aromatic N) is 5. The van der Waals surface area contributed by atoms with Gasteiger partial charge in [0.2, 0.25) is 0 Å². The Morgan fingerprint density at radius 3 is 2.59 bits per heavy atom. The molecule has 190 valence electrons. The van der Waals surface area contributed by atoms with E-state index < -0.39 is 0 Å². The molecule has 2 aromatic heterocycles. The van der Waals surface area contributed by atoms with Crippen LogP contribution in [0.4, 0.5) is 5.82 Å². The number of amides is 1. The lowest BCUT2D eigenvalue weighted by atomic mass is 10.0. The zero-order valence-electron chi connectivity index (χ0n) is 21.1. The van der Waals surface area contributed by atoms with E-state index in [1.54, 1.807) is 18.5 Å². The van der Waals surface area contributed by atoms with E-state index in [0.29, 0.717) is 42.9 Å². The van der Waals surface area contributed by atoms with Crippen molar-refractivity contribution >= 4 is 34.2 Å². The lowest BCUT2D eigenvalue weighted by Gasteiger charge is -2.28. The van der Waals surface area contributed by atoms with Crippen LogP contribution in [0.2, 0.25) is 5.15 Å². The first-order valence-corrected chi connectivity index (χ1v) is 12.9. The monoisotopic (exact) mass is 515 g/mol. The van der Waals surface area contributed by atoms with Gasteiger partial charge in [0.1, 0.15) is 17.3 Å². The molecule has 1 amide bonds. The van der Waals surface area contributed by atoms with Gasteiger partial charge in [-0.1, -0.05) is 49.7 Å². The van der Waals surface area contributed by atoms with E-state index in [1.165, 1.54) is 6.20 Å². The van der Waals surface area contributed by atoms with Crippen LogP contribution in [0.3, 0.4) is 0 Å². The minimum atomic E-state index is -0.0544. The Balaban J connectivity index is 1.44. The topological polar surface area (TPSA) is 71.5 Å². The molecule has 5 rings (SSSR count). The molecule has 1 fully saturated rings. The number of morpholine rings is 1. The summed E-state index contributed by atoms with van der Waals surface area (Å²) in [6, 6.07) is 18.0. The first-order valence-electron chi connectivity index (χ1n) is 12.6. The third-order valence-electron chi connectivity index (χ3n) is 6.41. The molecule has 37 heavy (non-hydrogen) atoms. The summed E-state index contributed by atoms with van der Waals surface area (Å²) in [5, 5.41) is 1.40. The summed E-state index contributed by atoms with van der Waals surface area (Å²) >= 11 is 5.92. The molecule has 2 aromatic carbocycles. The first-order chi connectivity index (χ1) is 18.0. The van der Waals surface area contributed by atoms with Gasteiger partial charge >= 0.3 is 0 Å². The van der Waals surface area contributed by atoms with Crippen LogP contribution in [-0.4, -0.2) is 58.6 Å². The molecule has 0 spiro atoms. The van der Waals surface area contributed by atoms with Gasteiger partial charge in [0.25, 0.3) is 5.91 Å². The molecule has 8 heteroatoms. The first kappa shape index (κ1) is 25.1. The van der Waals surface area contributed by atoms with Gasteiger partial charge < -0.3 is 14.5 Å².